The van der Waals surface area contributed by atoms with Crippen molar-refractivity contribution < 1.29 is 33.4 Å². The number of ether oxygens (including phenoxy) is 2. The number of benzene rings is 1. The Morgan fingerprint density at radius 1 is 1.17 bits per heavy atom. The smallest absolute Gasteiger partial charge is 0.310 e. The van der Waals surface area contributed by atoms with Gasteiger partial charge in [-0.05, 0) is 49.7 Å². The number of carbonyl (C=O) groups excluding carboxylic acids is 5. The molecule has 4 rings (SSSR count). The van der Waals surface area contributed by atoms with Gasteiger partial charge in [-0.2, -0.15) is 0 Å². The fraction of sp³-hybridized carbons (Fsp3) is 0.633. The molecule has 3 aliphatic rings. The lowest BCUT2D eigenvalue weighted by molar-refractivity contribution is -0.165. The first-order valence-corrected chi connectivity index (χ1v) is 14.9. The summed E-state index contributed by atoms with van der Waals surface area (Å²) in [6.45, 7) is 11.1. The molecule has 2 saturated heterocycles. The Hall–Kier alpha value is -3.18. The second kappa shape index (κ2) is 12.6. The number of fused-ring (bicyclic) bond motifs is 2. The van der Waals surface area contributed by atoms with Crippen molar-refractivity contribution in [2.45, 2.75) is 97.7 Å². The zero-order valence-electron chi connectivity index (χ0n) is 25.0. The Bertz CT molecular complexity index is 1250. The summed E-state index contributed by atoms with van der Waals surface area (Å²) in [4.78, 5) is 67.1. The summed E-state index contributed by atoms with van der Waals surface area (Å²) in [6, 6.07) is 2.24. The molecule has 2 heterocycles. The third-order valence-electron chi connectivity index (χ3n) is 8.14. The molecule has 230 valence electrons. The van der Waals surface area contributed by atoms with Gasteiger partial charge in [-0.3, -0.25) is 24.0 Å². The lowest BCUT2D eigenvalue weighted by atomic mass is 9.84. The van der Waals surface area contributed by atoms with Crippen molar-refractivity contribution in [2.75, 3.05) is 11.9 Å². The molecule has 2 aliphatic heterocycles. The van der Waals surface area contributed by atoms with Crippen molar-refractivity contribution in [3.63, 3.8) is 0 Å². The summed E-state index contributed by atoms with van der Waals surface area (Å²) in [5, 5.41) is 8.56. The summed E-state index contributed by atoms with van der Waals surface area (Å²) < 4.78 is 10.7. The van der Waals surface area contributed by atoms with Gasteiger partial charge in [0.15, 0.2) is 0 Å². The number of carbonyl (C=O) groups is 5. The molecule has 1 saturated carbocycles. The van der Waals surface area contributed by atoms with E-state index in [1.54, 1.807) is 37.8 Å². The number of halogens is 1. The van der Waals surface area contributed by atoms with Crippen LogP contribution in [0.1, 0.15) is 77.6 Å². The average Bonchev–Trinajstić information content (AvgIpc) is 3.62. The van der Waals surface area contributed by atoms with E-state index in [0.717, 1.165) is 12.8 Å². The van der Waals surface area contributed by atoms with Crippen LogP contribution in [0.3, 0.4) is 0 Å². The van der Waals surface area contributed by atoms with Crippen LogP contribution in [-0.4, -0.2) is 71.6 Å². The van der Waals surface area contributed by atoms with Crippen molar-refractivity contribution in [1.29, 1.82) is 0 Å². The molecule has 11 nitrogen and oxygen atoms in total. The SMILES string of the molecule is CCO[C@@H]1OC(=O)CC1NC(=O)[C@@H]1[C@H]2CC[C@@H](C2)N1C(=O)[C@@H](NC(=O)c1cccc(NC(=O)C(C)C)c1Cl)C(C)(C)C. The van der Waals surface area contributed by atoms with Gasteiger partial charge in [0.2, 0.25) is 24.0 Å². The predicted octanol–water partition coefficient (Wildman–Crippen LogP) is 3.25. The summed E-state index contributed by atoms with van der Waals surface area (Å²) in [5.74, 6) is -2.31. The number of amides is 4. The van der Waals surface area contributed by atoms with Gasteiger partial charge in [-0.1, -0.05) is 52.3 Å². The number of nitrogens with one attached hydrogen (secondary N) is 3. The van der Waals surface area contributed by atoms with Crippen LogP contribution >= 0.6 is 11.6 Å². The quantitative estimate of drug-likeness (QED) is 0.367. The van der Waals surface area contributed by atoms with Gasteiger partial charge >= 0.3 is 5.97 Å². The molecule has 0 radical (unpaired) electrons. The molecule has 0 spiro atoms. The van der Waals surface area contributed by atoms with Crippen LogP contribution in [0.4, 0.5) is 5.69 Å². The molecule has 1 aromatic carbocycles. The first-order chi connectivity index (χ1) is 19.7. The zero-order chi connectivity index (χ0) is 30.9. The van der Waals surface area contributed by atoms with Crippen LogP contribution in [0.25, 0.3) is 0 Å². The van der Waals surface area contributed by atoms with Gasteiger partial charge in [-0.25, -0.2) is 0 Å². The molecule has 12 heteroatoms. The third kappa shape index (κ3) is 6.57. The standard InChI is InChI=1S/C30H41ClN4O7/c1-7-41-29-20(14-21(36)42-29)33-27(39)23-16-11-12-17(13-16)35(23)28(40)24(30(4,5)6)34-26(38)18-9-8-10-19(22(18)31)32-25(37)15(2)3/h8-10,15-17,20,23-24,29H,7,11-14H2,1-6H3,(H,32,37)(H,33,39)(H,34,38)/t16-,17-,20?,23-,24+,29+/m0/s1. The Morgan fingerprint density at radius 2 is 1.88 bits per heavy atom. The Balaban J connectivity index is 1.55. The second-order valence-corrected chi connectivity index (χ2v) is 13.0. The molecule has 3 fully saturated rings. The minimum absolute atomic E-state index is 0.0106. The van der Waals surface area contributed by atoms with E-state index in [0.29, 0.717) is 18.7 Å². The van der Waals surface area contributed by atoms with E-state index in [9.17, 15) is 24.0 Å². The van der Waals surface area contributed by atoms with E-state index in [4.69, 9.17) is 21.1 Å². The van der Waals surface area contributed by atoms with Crippen LogP contribution in [0, 0.1) is 17.3 Å². The van der Waals surface area contributed by atoms with Crippen molar-refractivity contribution in [3.8, 4) is 0 Å². The number of anilines is 1. The van der Waals surface area contributed by atoms with Crippen molar-refractivity contribution in [2.24, 2.45) is 17.3 Å². The summed E-state index contributed by atoms with van der Waals surface area (Å²) >= 11 is 6.53. The monoisotopic (exact) mass is 604 g/mol. The third-order valence-corrected chi connectivity index (χ3v) is 8.55. The molecule has 1 aliphatic carbocycles. The molecule has 4 amide bonds. The lowest BCUT2D eigenvalue weighted by Gasteiger charge is -2.40. The number of hydrogen-bond donors (Lipinski definition) is 3. The van der Waals surface area contributed by atoms with E-state index in [1.807, 2.05) is 20.8 Å². The number of nitrogens with zero attached hydrogens (tertiary/aromatic N) is 1. The number of piperidine rings is 1. The maximum atomic E-state index is 14.2. The van der Waals surface area contributed by atoms with E-state index >= 15 is 0 Å². The first kappa shape index (κ1) is 31.7. The number of likely N-dealkylation sites (tertiary alicyclic amines) is 1. The molecule has 0 aromatic heterocycles. The van der Waals surface area contributed by atoms with Crippen LogP contribution in [0.2, 0.25) is 5.02 Å². The zero-order valence-corrected chi connectivity index (χ0v) is 25.7. The Kier molecular flexibility index (Phi) is 9.52. The van der Waals surface area contributed by atoms with Crippen LogP contribution in [-0.2, 0) is 28.7 Å². The summed E-state index contributed by atoms with van der Waals surface area (Å²) in [5.41, 5.74) is -0.294. The topological polar surface area (TPSA) is 143 Å². The molecule has 3 N–H and O–H groups in total. The molecule has 1 unspecified atom stereocenters. The van der Waals surface area contributed by atoms with Gasteiger partial charge in [0.05, 0.1) is 22.7 Å². The minimum atomic E-state index is -0.975. The summed E-state index contributed by atoms with van der Waals surface area (Å²) in [6.07, 6.45) is 1.37. The summed E-state index contributed by atoms with van der Waals surface area (Å²) in [7, 11) is 0. The van der Waals surface area contributed by atoms with Crippen LogP contribution in [0.5, 0.6) is 0 Å². The van der Waals surface area contributed by atoms with Gasteiger partial charge in [0.1, 0.15) is 18.1 Å². The largest absolute Gasteiger partial charge is 0.433 e. The highest BCUT2D eigenvalue weighted by Gasteiger charge is 2.54. The maximum Gasteiger partial charge on any atom is 0.310 e. The van der Waals surface area contributed by atoms with Crippen LogP contribution in [0.15, 0.2) is 18.2 Å². The molecule has 1 aromatic rings. The maximum absolute atomic E-state index is 14.2. The Morgan fingerprint density at radius 3 is 2.52 bits per heavy atom. The predicted molar refractivity (Wildman–Crippen MR) is 155 cm³/mol. The number of esters is 1. The van der Waals surface area contributed by atoms with E-state index in [2.05, 4.69) is 16.0 Å². The lowest BCUT2D eigenvalue weighted by Crippen LogP contribution is -2.62. The van der Waals surface area contributed by atoms with Crippen LogP contribution < -0.4 is 16.0 Å². The normalized spacial score (nSPS) is 25.8. The van der Waals surface area contributed by atoms with Gasteiger partial charge < -0.3 is 30.3 Å². The van der Waals surface area contributed by atoms with Gasteiger partial charge in [-0.15, -0.1) is 0 Å². The van der Waals surface area contributed by atoms with Gasteiger partial charge in [0.25, 0.3) is 5.91 Å². The Labute approximate surface area is 251 Å². The number of hydrogen-bond acceptors (Lipinski definition) is 7. The highest BCUT2D eigenvalue weighted by molar-refractivity contribution is 6.37. The highest BCUT2D eigenvalue weighted by Crippen LogP contribution is 2.44. The van der Waals surface area contributed by atoms with E-state index in [-0.39, 0.29) is 52.6 Å². The van der Waals surface area contributed by atoms with Gasteiger partial charge in [0, 0.05) is 18.6 Å². The van der Waals surface area contributed by atoms with E-state index in [1.165, 1.54) is 6.07 Å². The van der Waals surface area contributed by atoms with Crippen molar-refractivity contribution >= 4 is 46.9 Å². The molecule has 2 bridgehead atoms. The average molecular weight is 605 g/mol. The number of rotatable bonds is 9. The molecular formula is C30H41ClN4O7. The highest BCUT2D eigenvalue weighted by atomic mass is 35.5. The molecule has 6 atom stereocenters. The number of cyclic esters (lactones) is 1. The first-order valence-electron chi connectivity index (χ1n) is 14.6. The van der Waals surface area contributed by atoms with E-state index < -0.39 is 41.7 Å². The molecular weight excluding hydrogens is 564 g/mol. The fourth-order valence-corrected chi connectivity index (χ4v) is 6.23. The second-order valence-electron chi connectivity index (χ2n) is 12.6. The minimum Gasteiger partial charge on any atom is -0.433 e. The van der Waals surface area contributed by atoms with Crippen molar-refractivity contribution in [3.05, 3.63) is 28.8 Å². The molecule has 42 heavy (non-hydrogen) atoms. The fourth-order valence-electron chi connectivity index (χ4n) is 5.97. The van der Waals surface area contributed by atoms with Crippen molar-refractivity contribution in [1.82, 2.24) is 15.5 Å².